The molecule has 0 saturated carbocycles. The molecule has 0 radical (unpaired) electrons. The van der Waals surface area contributed by atoms with Crippen molar-refractivity contribution < 1.29 is 23.9 Å². The Labute approximate surface area is 160 Å². The van der Waals surface area contributed by atoms with E-state index in [0.717, 1.165) is 5.56 Å². The maximum Gasteiger partial charge on any atom is 0.328 e. The first-order chi connectivity index (χ1) is 13.4. The first-order valence-corrected chi connectivity index (χ1v) is 8.39. The van der Waals surface area contributed by atoms with Crippen molar-refractivity contribution in [1.82, 2.24) is 10.6 Å². The van der Waals surface area contributed by atoms with Crippen LogP contribution in [-0.2, 0) is 14.4 Å². The third kappa shape index (κ3) is 4.61. The van der Waals surface area contributed by atoms with Gasteiger partial charge < -0.3 is 10.1 Å². The lowest BCUT2D eigenvalue weighted by molar-refractivity contribution is -0.124. The molecule has 0 unspecified atom stereocenters. The fraction of sp³-hybridized carbons (Fsp3) is 0.100. The molecule has 0 aliphatic carbocycles. The summed E-state index contributed by atoms with van der Waals surface area (Å²) in [5.74, 6) is -1.49. The minimum absolute atomic E-state index is 0.200. The van der Waals surface area contributed by atoms with Crippen LogP contribution in [0.5, 0.6) is 5.75 Å². The Hall–Kier alpha value is -3.94. The van der Waals surface area contributed by atoms with E-state index >= 15 is 0 Å². The first kappa shape index (κ1) is 18.8. The van der Waals surface area contributed by atoms with E-state index in [0.29, 0.717) is 17.0 Å². The number of amides is 5. The highest BCUT2D eigenvalue weighted by Gasteiger charge is 2.27. The van der Waals surface area contributed by atoms with Crippen molar-refractivity contribution in [2.75, 3.05) is 11.9 Å². The second-order valence-electron chi connectivity index (χ2n) is 6.02. The first-order valence-electron chi connectivity index (χ1n) is 8.39. The summed E-state index contributed by atoms with van der Waals surface area (Å²) >= 11 is 0. The Morgan fingerprint density at radius 3 is 2.46 bits per heavy atom. The van der Waals surface area contributed by atoms with Crippen LogP contribution in [0.4, 0.5) is 10.5 Å². The van der Waals surface area contributed by atoms with E-state index in [1.54, 1.807) is 30.3 Å². The Morgan fingerprint density at radius 2 is 1.75 bits per heavy atom. The summed E-state index contributed by atoms with van der Waals surface area (Å²) in [7, 11) is 0. The van der Waals surface area contributed by atoms with Crippen LogP contribution >= 0.6 is 0 Å². The van der Waals surface area contributed by atoms with Gasteiger partial charge in [-0.2, -0.15) is 0 Å². The van der Waals surface area contributed by atoms with E-state index in [9.17, 15) is 19.2 Å². The van der Waals surface area contributed by atoms with Crippen LogP contribution in [0.25, 0.3) is 6.08 Å². The molecular formula is C20H17N3O5. The van der Waals surface area contributed by atoms with Crippen LogP contribution in [-0.4, -0.2) is 30.4 Å². The molecule has 2 aromatic rings. The van der Waals surface area contributed by atoms with Gasteiger partial charge in [-0.05, 0) is 42.3 Å². The number of benzene rings is 2. The maximum atomic E-state index is 12.1. The minimum atomic E-state index is -0.858. The van der Waals surface area contributed by atoms with Crippen molar-refractivity contribution in [3.8, 4) is 5.75 Å². The molecule has 1 aliphatic rings. The molecule has 1 aliphatic heterocycles. The molecule has 5 amide bonds. The van der Waals surface area contributed by atoms with Gasteiger partial charge in [0.05, 0.1) is 0 Å². The average Bonchev–Trinajstić information content (AvgIpc) is 2.65. The highest BCUT2D eigenvalue weighted by Crippen LogP contribution is 2.17. The molecular weight excluding hydrogens is 362 g/mol. The van der Waals surface area contributed by atoms with E-state index in [4.69, 9.17) is 4.74 Å². The lowest BCUT2D eigenvalue weighted by Crippen LogP contribution is -2.51. The molecule has 28 heavy (non-hydrogen) atoms. The SMILES string of the molecule is Cc1ccccc1NC(=O)COc1cccc(C=C2C(=O)NC(=O)NC2=O)c1. The molecule has 1 heterocycles. The highest BCUT2D eigenvalue weighted by atomic mass is 16.5. The summed E-state index contributed by atoms with van der Waals surface area (Å²) < 4.78 is 5.48. The zero-order valence-electron chi connectivity index (χ0n) is 14.9. The Kier molecular flexibility index (Phi) is 5.50. The normalized spacial score (nSPS) is 13.5. The number of carbonyl (C=O) groups is 4. The molecule has 0 aromatic heterocycles. The monoisotopic (exact) mass is 379 g/mol. The van der Waals surface area contributed by atoms with E-state index < -0.39 is 17.8 Å². The van der Waals surface area contributed by atoms with E-state index in [2.05, 4.69) is 5.32 Å². The smallest absolute Gasteiger partial charge is 0.328 e. The Balaban J connectivity index is 1.65. The number of ether oxygens (including phenoxy) is 1. The van der Waals surface area contributed by atoms with E-state index in [1.165, 1.54) is 6.08 Å². The molecule has 8 heteroatoms. The van der Waals surface area contributed by atoms with Gasteiger partial charge in [-0.1, -0.05) is 30.3 Å². The largest absolute Gasteiger partial charge is 0.484 e. The summed E-state index contributed by atoms with van der Waals surface area (Å²) in [5.41, 5.74) is 1.95. The van der Waals surface area contributed by atoms with E-state index in [-0.39, 0.29) is 18.1 Å². The fourth-order valence-corrected chi connectivity index (χ4v) is 2.52. The quantitative estimate of drug-likeness (QED) is 0.541. The van der Waals surface area contributed by atoms with Gasteiger partial charge in [0.1, 0.15) is 11.3 Å². The summed E-state index contributed by atoms with van der Waals surface area (Å²) in [6, 6.07) is 13.1. The number of para-hydroxylation sites is 1. The Bertz CT molecular complexity index is 975. The lowest BCUT2D eigenvalue weighted by atomic mass is 10.1. The maximum absolute atomic E-state index is 12.1. The average molecular weight is 379 g/mol. The van der Waals surface area contributed by atoms with Gasteiger partial charge in [-0.3, -0.25) is 25.0 Å². The molecule has 0 atom stereocenters. The lowest BCUT2D eigenvalue weighted by Gasteiger charge is -2.14. The number of hydrogen-bond donors (Lipinski definition) is 3. The number of anilines is 1. The summed E-state index contributed by atoms with van der Waals surface area (Å²) in [5, 5.41) is 6.76. The van der Waals surface area contributed by atoms with Gasteiger partial charge in [0.25, 0.3) is 17.7 Å². The van der Waals surface area contributed by atoms with Crippen molar-refractivity contribution >= 4 is 35.5 Å². The second-order valence-corrected chi connectivity index (χ2v) is 6.02. The third-order valence-corrected chi connectivity index (χ3v) is 3.90. The molecule has 1 fully saturated rings. The number of aryl methyl sites for hydroxylation is 1. The third-order valence-electron chi connectivity index (χ3n) is 3.90. The van der Waals surface area contributed by atoms with Gasteiger partial charge in [-0.15, -0.1) is 0 Å². The minimum Gasteiger partial charge on any atom is -0.484 e. The van der Waals surface area contributed by atoms with Crippen LogP contribution in [0.2, 0.25) is 0 Å². The topological polar surface area (TPSA) is 114 Å². The zero-order chi connectivity index (χ0) is 20.1. The summed E-state index contributed by atoms with van der Waals surface area (Å²) in [6.07, 6.45) is 1.33. The number of urea groups is 1. The van der Waals surface area contributed by atoms with Crippen LogP contribution in [0.3, 0.4) is 0 Å². The number of hydrogen-bond acceptors (Lipinski definition) is 5. The number of imide groups is 2. The molecule has 8 nitrogen and oxygen atoms in total. The molecule has 3 rings (SSSR count). The Morgan fingerprint density at radius 1 is 1.04 bits per heavy atom. The van der Waals surface area contributed by atoms with E-state index in [1.807, 2.05) is 35.8 Å². The summed E-state index contributed by atoms with van der Waals surface area (Å²) in [6.45, 7) is 1.68. The van der Waals surface area contributed by atoms with Gasteiger partial charge in [-0.25, -0.2) is 4.79 Å². The van der Waals surface area contributed by atoms with Crippen molar-refractivity contribution in [2.45, 2.75) is 6.92 Å². The fourth-order valence-electron chi connectivity index (χ4n) is 2.52. The standard InChI is InChI=1S/C20H17N3O5/c1-12-5-2-3-8-16(12)21-17(24)11-28-14-7-4-6-13(9-14)10-15-18(25)22-20(27)23-19(15)26/h2-10H,11H2,1H3,(H,21,24)(H2,22,23,25,26,27). The zero-order valence-corrected chi connectivity index (χ0v) is 14.9. The molecule has 1 saturated heterocycles. The van der Waals surface area contributed by atoms with Crippen LogP contribution in [0.1, 0.15) is 11.1 Å². The van der Waals surface area contributed by atoms with Gasteiger partial charge in [0.2, 0.25) is 0 Å². The summed E-state index contributed by atoms with van der Waals surface area (Å²) in [4.78, 5) is 46.7. The number of nitrogens with one attached hydrogen (secondary N) is 3. The van der Waals surface area contributed by atoms with Crippen molar-refractivity contribution in [3.63, 3.8) is 0 Å². The van der Waals surface area contributed by atoms with Gasteiger partial charge in [0, 0.05) is 5.69 Å². The van der Waals surface area contributed by atoms with Crippen LogP contribution in [0.15, 0.2) is 54.1 Å². The highest BCUT2D eigenvalue weighted by molar-refractivity contribution is 6.31. The van der Waals surface area contributed by atoms with Crippen LogP contribution < -0.4 is 20.7 Å². The van der Waals surface area contributed by atoms with Crippen molar-refractivity contribution in [1.29, 1.82) is 0 Å². The second kappa shape index (κ2) is 8.17. The number of rotatable bonds is 5. The molecule has 142 valence electrons. The molecule has 2 aromatic carbocycles. The molecule has 0 spiro atoms. The number of barbiturate groups is 1. The van der Waals surface area contributed by atoms with Crippen molar-refractivity contribution in [2.24, 2.45) is 0 Å². The van der Waals surface area contributed by atoms with Gasteiger partial charge >= 0.3 is 6.03 Å². The van der Waals surface area contributed by atoms with Gasteiger partial charge in [0.15, 0.2) is 6.61 Å². The number of carbonyl (C=O) groups excluding carboxylic acids is 4. The predicted molar refractivity (Wildman–Crippen MR) is 101 cm³/mol. The predicted octanol–water partition coefficient (Wildman–Crippen LogP) is 1.76. The molecule has 3 N–H and O–H groups in total. The molecule has 0 bridgehead atoms. The van der Waals surface area contributed by atoms with Crippen LogP contribution in [0, 0.1) is 6.92 Å². The van der Waals surface area contributed by atoms with Crippen molar-refractivity contribution in [3.05, 3.63) is 65.2 Å².